The largest absolute Gasteiger partial charge is 0.352 e. The van der Waals surface area contributed by atoms with Crippen molar-refractivity contribution in [3.8, 4) is 0 Å². The minimum Gasteiger partial charge on any atom is -0.352 e. The van der Waals surface area contributed by atoms with E-state index < -0.39 is 0 Å². The summed E-state index contributed by atoms with van der Waals surface area (Å²) in [7, 11) is 1.77. The highest BCUT2D eigenvalue weighted by atomic mass is 16.1. The highest BCUT2D eigenvalue weighted by Crippen LogP contribution is 2.25. The van der Waals surface area contributed by atoms with Crippen LogP contribution >= 0.6 is 0 Å². The predicted octanol–water partition coefficient (Wildman–Crippen LogP) is 3.67. The average Bonchev–Trinajstić information content (AvgIpc) is 2.58. The lowest BCUT2D eigenvalue weighted by atomic mass is 9.88. The van der Waals surface area contributed by atoms with Gasteiger partial charge in [0.2, 0.25) is 5.91 Å². The second kappa shape index (κ2) is 8.88. The Bertz CT molecular complexity index is 598. The minimum atomic E-state index is -0.0440. The van der Waals surface area contributed by atoms with Crippen molar-refractivity contribution in [2.45, 2.75) is 65.0 Å². The minimum absolute atomic E-state index is 0.0440. The molecule has 1 fully saturated rings. The van der Waals surface area contributed by atoms with Gasteiger partial charge in [-0.15, -0.1) is 0 Å². The van der Waals surface area contributed by atoms with E-state index in [4.69, 9.17) is 0 Å². The number of anilines is 1. The van der Waals surface area contributed by atoms with E-state index in [-0.39, 0.29) is 17.4 Å². The average molecular weight is 345 g/mol. The van der Waals surface area contributed by atoms with E-state index in [0.29, 0.717) is 6.54 Å². The maximum absolute atomic E-state index is 12.4. The maximum atomic E-state index is 12.4. The predicted molar refractivity (Wildman–Crippen MR) is 105 cm³/mol. The number of nitrogens with zero attached hydrogens (tertiary/aromatic N) is 1. The summed E-state index contributed by atoms with van der Waals surface area (Å²) in [6, 6.07) is 8.01. The second-order valence-electron chi connectivity index (χ2n) is 7.83. The molecule has 2 rings (SSSR count). The summed E-state index contributed by atoms with van der Waals surface area (Å²) in [5.41, 5.74) is 1.93. The van der Waals surface area contributed by atoms with Crippen LogP contribution < -0.4 is 16.0 Å². The molecule has 0 atom stereocenters. The van der Waals surface area contributed by atoms with Crippen molar-refractivity contribution < 1.29 is 4.79 Å². The van der Waals surface area contributed by atoms with Crippen LogP contribution in [0.25, 0.3) is 0 Å². The zero-order chi connectivity index (χ0) is 18.3. The molecular formula is C20H32N4O. The Morgan fingerprint density at radius 1 is 1.20 bits per heavy atom. The molecule has 1 aliphatic carbocycles. The smallest absolute Gasteiger partial charge is 0.227 e. The van der Waals surface area contributed by atoms with E-state index in [1.54, 1.807) is 7.05 Å². The summed E-state index contributed by atoms with van der Waals surface area (Å²) < 4.78 is 0. The molecule has 1 amide bonds. The molecule has 138 valence electrons. The van der Waals surface area contributed by atoms with E-state index in [9.17, 15) is 4.79 Å². The van der Waals surface area contributed by atoms with Gasteiger partial charge in [0.1, 0.15) is 0 Å². The first-order chi connectivity index (χ1) is 11.9. The molecule has 0 spiro atoms. The van der Waals surface area contributed by atoms with E-state index >= 15 is 0 Å². The Kier molecular flexibility index (Phi) is 6.85. The third-order valence-corrected chi connectivity index (χ3v) is 4.35. The van der Waals surface area contributed by atoms with Gasteiger partial charge in [-0.3, -0.25) is 9.79 Å². The number of carbonyl (C=O) groups excluding carboxylic acids is 1. The van der Waals surface area contributed by atoms with Crippen LogP contribution in [0.15, 0.2) is 29.3 Å². The zero-order valence-electron chi connectivity index (χ0n) is 16.0. The van der Waals surface area contributed by atoms with Gasteiger partial charge in [-0.1, -0.05) is 31.4 Å². The molecule has 0 heterocycles. The van der Waals surface area contributed by atoms with E-state index in [2.05, 4.69) is 41.7 Å². The molecule has 0 aromatic heterocycles. The lowest BCUT2D eigenvalue weighted by molar-refractivity contribution is -0.120. The van der Waals surface area contributed by atoms with Crippen molar-refractivity contribution in [3.05, 3.63) is 29.8 Å². The van der Waals surface area contributed by atoms with Gasteiger partial charge in [0.25, 0.3) is 0 Å². The van der Waals surface area contributed by atoms with Crippen LogP contribution in [0.4, 0.5) is 5.69 Å². The van der Waals surface area contributed by atoms with Crippen LogP contribution in [0.3, 0.4) is 0 Å². The molecule has 5 nitrogen and oxygen atoms in total. The van der Waals surface area contributed by atoms with Gasteiger partial charge in [-0.05, 0) is 51.3 Å². The van der Waals surface area contributed by atoms with Crippen molar-refractivity contribution in [3.63, 3.8) is 0 Å². The molecule has 0 saturated heterocycles. The number of carbonyl (C=O) groups is 1. The fourth-order valence-electron chi connectivity index (χ4n) is 3.09. The van der Waals surface area contributed by atoms with Gasteiger partial charge < -0.3 is 16.0 Å². The highest BCUT2D eigenvalue weighted by molar-refractivity contribution is 5.92. The van der Waals surface area contributed by atoms with E-state index in [1.165, 1.54) is 19.3 Å². The van der Waals surface area contributed by atoms with E-state index in [0.717, 1.165) is 30.1 Å². The number of aliphatic imine (C=N–C) groups is 1. The molecule has 1 aromatic carbocycles. The van der Waals surface area contributed by atoms with Crippen LogP contribution in [-0.2, 0) is 11.3 Å². The Morgan fingerprint density at radius 3 is 2.56 bits per heavy atom. The van der Waals surface area contributed by atoms with E-state index in [1.807, 2.05) is 24.3 Å². The molecule has 0 bridgehead atoms. The quantitative estimate of drug-likeness (QED) is 0.577. The van der Waals surface area contributed by atoms with Gasteiger partial charge in [0.05, 0.1) is 0 Å². The van der Waals surface area contributed by atoms with Crippen LogP contribution in [-0.4, -0.2) is 24.5 Å². The number of hydrogen-bond donors (Lipinski definition) is 3. The first-order valence-corrected chi connectivity index (χ1v) is 9.26. The molecule has 0 unspecified atom stereocenters. The molecule has 3 N–H and O–H groups in total. The Morgan fingerprint density at radius 2 is 1.92 bits per heavy atom. The summed E-state index contributed by atoms with van der Waals surface area (Å²) in [6.45, 7) is 6.95. The normalized spacial score (nSPS) is 16.4. The van der Waals surface area contributed by atoms with Crippen LogP contribution in [0.5, 0.6) is 0 Å². The summed E-state index contributed by atoms with van der Waals surface area (Å²) in [5.74, 6) is 1.10. The molecule has 5 heteroatoms. The lowest BCUT2D eigenvalue weighted by Gasteiger charge is -2.24. The summed E-state index contributed by atoms with van der Waals surface area (Å²) in [5, 5.41) is 9.73. The molecule has 1 aliphatic rings. The van der Waals surface area contributed by atoms with Crippen molar-refractivity contribution in [1.29, 1.82) is 0 Å². The maximum Gasteiger partial charge on any atom is 0.227 e. The molecule has 1 aromatic rings. The van der Waals surface area contributed by atoms with Gasteiger partial charge in [0.15, 0.2) is 5.96 Å². The lowest BCUT2D eigenvalue weighted by Crippen LogP contribution is -2.47. The number of nitrogens with one attached hydrogen (secondary N) is 3. The molecule has 0 aliphatic heterocycles. The third kappa shape index (κ3) is 6.77. The fourth-order valence-corrected chi connectivity index (χ4v) is 3.09. The third-order valence-electron chi connectivity index (χ3n) is 4.35. The number of guanidine groups is 1. The SMILES string of the molecule is CN=C(NCc1cccc(NC(=O)C2CCCCC2)c1)NC(C)(C)C. The van der Waals surface area contributed by atoms with Gasteiger partial charge >= 0.3 is 0 Å². The molecule has 25 heavy (non-hydrogen) atoms. The molecule has 0 radical (unpaired) electrons. The monoisotopic (exact) mass is 344 g/mol. The first kappa shape index (κ1) is 19.3. The van der Waals surface area contributed by atoms with Crippen molar-refractivity contribution in [2.75, 3.05) is 12.4 Å². The van der Waals surface area contributed by atoms with Crippen molar-refractivity contribution >= 4 is 17.6 Å². The van der Waals surface area contributed by atoms with Crippen LogP contribution in [0, 0.1) is 5.92 Å². The van der Waals surface area contributed by atoms with Crippen molar-refractivity contribution in [1.82, 2.24) is 10.6 Å². The summed E-state index contributed by atoms with van der Waals surface area (Å²) in [6.07, 6.45) is 5.63. The topological polar surface area (TPSA) is 65.5 Å². The van der Waals surface area contributed by atoms with Crippen molar-refractivity contribution in [2.24, 2.45) is 10.9 Å². The number of amides is 1. The molecule has 1 saturated carbocycles. The Labute approximate surface area is 151 Å². The standard InChI is InChI=1S/C20H32N4O/c1-20(2,3)24-19(21-4)22-14-15-9-8-12-17(13-15)23-18(25)16-10-6-5-7-11-16/h8-9,12-13,16H,5-7,10-11,14H2,1-4H3,(H,23,25)(H2,21,22,24). The number of rotatable bonds is 4. The van der Waals surface area contributed by atoms with Gasteiger partial charge in [-0.2, -0.15) is 0 Å². The summed E-state index contributed by atoms with van der Waals surface area (Å²) in [4.78, 5) is 16.6. The Balaban J connectivity index is 1.91. The van der Waals surface area contributed by atoms with Gasteiger partial charge in [0, 0.05) is 30.7 Å². The van der Waals surface area contributed by atoms with Crippen LogP contribution in [0.2, 0.25) is 0 Å². The zero-order valence-corrected chi connectivity index (χ0v) is 16.0. The number of hydrogen-bond acceptors (Lipinski definition) is 2. The molecular weight excluding hydrogens is 312 g/mol. The van der Waals surface area contributed by atoms with Gasteiger partial charge in [-0.25, -0.2) is 0 Å². The Hall–Kier alpha value is -2.04. The fraction of sp³-hybridized carbons (Fsp3) is 0.600. The number of benzene rings is 1. The summed E-state index contributed by atoms with van der Waals surface area (Å²) >= 11 is 0. The first-order valence-electron chi connectivity index (χ1n) is 9.26. The van der Waals surface area contributed by atoms with Crippen LogP contribution in [0.1, 0.15) is 58.4 Å². The highest BCUT2D eigenvalue weighted by Gasteiger charge is 2.21. The second-order valence-corrected chi connectivity index (χ2v) is 7.83.